The number of carbonyl (C=O) groups is 2. The molecule has 0 bridgehead atoms. The van der Waals surface area contributed by atoms with Crippen LogP contribution in [-0.2, 0) is 27.3 Å². The van der Waals surface area contributed by atoms with Gasteiger partial charge in [-0.25, -0.2) is 0 Å². The molecule has 0 N–H and O–H groups in total. The van der Waals surface area contributed by atoms with Crippen LogP contribution in [0.1, 0.15) is 11.1 Å². The first-order chi connectivity index (χ1) is 12.9. The van der Waals surface area contributed by atoms with Crippen molar-refractivity contribution in [2.75, 3.05) is 27.9 Å². The van der Waals surface area contributed by atoms with Gasteiger partial charge in [-0.1, -0.05) is 46.3 Å². The predicted octanol–water partition coefficient (Wildman–Crippen LogP) is 3.21. The summed E-state index contributed by atoms with van der Waals surface area (Å²) in [5.41, 5.74) is 1.69. The summed E-state index contributed by atoms with van der Waals surface area (Å²) in [6.45, 7) is 0.158. The molecule has 0 spiro atoms. The molecule has 0 radical (unpaired) electrons. The van der Waals surface area contributed by atoms with E-state index in [1.165, 1.54) is 19.1 Å². The standard InChI is InChI=1S/C20H22BrNO5/c1-22(12-14-7-5-4-6-8-14)19(23)13-27-20(24)10-15-9-17(25-2)18(26-3)11-16(15)21/h4-9,11H,10,12-13H2,1-3H3. The molecule has 7 heteroatoms. The third-order valence-corrected chi connectivity index (χ3v) is 4.67. The summed E-state index contributed by atoms with van der Waals surface area (Å²) in [6, 6.07) is 13.0. The molecule has 0 saturated carbocycles. The third-order valence-electron chi connectivity index (χ3n) is 3.93. The second-order valence-electron chi connectivity index (χ2n) is 5.87. The molecule has 0 atom stereocenters. The molecule has 0 aromatic heterocycles. The Hall–Kier alpha value is -2.54. The van der Waals surface area contributed by atoms with Crippen LogP contribution in [-0.4, -0.2) is 44.7 Å². The van der Waals surface area contributed by atoms with Crippen molar-refractivity contribution in [3.63, 3.8) is 0 Å². The fourth-order valence-electron chi connectivity index (χ4n) is 2.44. The molecule has 0 unspecified atom stereocenters. The minimum Gasteiger partial charge on any atom is -0.493 e. The molecule has 0 fully saturated rings. The molecule has 2 aromatic rings. The normalized spacial score (nSPS) is 10.2. The fraction of sp³-hybridized carbons (Fsp3) is 0.300. The maximum absolute atomic E-state index is 12.2. The zero-order valence-corrected chi connectivity index (χ0v) is 17.1. The lowest BCUT2D eigenvalue weighted by Crippen LogP contribution is -2.31. The molecular formula is C20H22BrNO5. The van der Waals surface area contributed by atoms with Gasteiger partial charge in [0.2, 0.25) is 0 Å². The SMILES string of the molecule is COc1cc(Br)c(CC(=O)OCC(=O)N(C)Cc2ccccc2)cc1OC. The topological polar surface area (TPSA) is 65.1 Å². The lowest BCUT2D eigenvalue weighted by Gasteiger charge is -2.17. The predicted molar refractivity (Wildman–Crippen MR) is 105 cm³/mol. The van der Waals surface area contributed by atoms with Gasteiger partial charge in [-0.15, -0.1) is 0 Å². The van der Waals surface area contributed by atoms with Crippen LogP contribution in [0.5, 0.6) is 11.5 Å². The van der Waals surface area contributed by atoms with E-state index >= 15 is 0 Å². The van der Waals surface area contributed by atoms with Gasteiger partial charge in [0.15, 0.2) is 18.1 Å². The van der Waals surface area contributed by atoms with Crippen LogP contribution in [0.15, 0.2) is 46.9 Å². The Kier molecular flexibility index (Phi) is 7.67. The van der Waals surface area contributed by atoms with Crippen molar-refractivity contribution < 1.29 is 23.8 Å². The van der Waals surface area contributed by atoms with E-state index < -0.39 is 5.97 Å². The lowest BCUT2D eigenvalue weighted by molar-refractivity contribution is -0.151. The first-order valence-corrected chi connectivity index (χ1v) is 9.07. The number of carbonyl (C=O) groups excluding carboxylic acids is 2. The van der Waals surface area contributed by atoms with Gasteiger partial charge >= 0.3 is 5.97 Å². The van der Waals surface area contributed by atoms with Crippen LogP contribution in [0.4, 0.5) is 0 Å². The molecule has 144 valence electrons. The number of rotatable bonds is 8. The molecule has 2 rings (SSSR count). The number of nitrogens with zero attached hydrogens (tertiary/aromatic N) is 1. The molecular weight excluding hydrogens is 414 g/mol. The maximum atomic E-state index is 12.2. The van der Waals surface area contributed by atoms with Gasteiger partial charge in [0.1, 0.15) is 0 Å². The van der Waals surface area contributed by atoms with Crippen molar-refractivity contribution in [3.05, 3.63) is 58.1 Å². The zero-order valence-electron chi connectivity index (χ0n) is 15.5. The van der Waals surface area contributed by atoms with Crippen LogP contribution >= 0.6 is 15.9 Å². The average Bonchev–Trinajstić information content (AvgIpc) is 2.68. The van der Waals surface area contributed by atoms with Crippen molar-refractivity contribution in [3.8, 4) is 11.5 Å². The maximum Gasteiger partial charge on any atom is 0.310 e. The molecule has 0 aliphatic heterocycles. The molecule has 2 aromatic carbocycles. The van der Waals surface area contributed by atoms with Crippen molar-refractivity contribution >= 4 is 27.8 Å². The Morgan fingerprint density at radius 3 is 2.30 bits per heavy atom. The number of halogens is 1. The number of hydrogen-bond acceptors (Lipinski definition) is 5. The molecule has 6 nitrogen and oxygen atoms in total. The second-order valence-corrected chi connectivity index (χ2v) is 6.73. The first kappa shape index (κ1) is 20.8. The summed E-state index contributed by atoms with van der Waals surface area (Å²) in [5, 5.41) is 0. The summed E-state index contributed by atoms with van der Waals surface area (Å²) < 4.78 is 16.3. The smallest absolute Gasteiger partial charge is 0.310 e. The van der Waals surface area contributed by atoms with E-state index in [0.29, 0.717) is 28.1 Å². The Bertz CT molecular complexity index is 794. The van der Waals surface area contributed by atoms with E-state index in [1.54, 1.807) is 19.2 Å². The van der Waals surface area contributed by atoms with E-state index in [-0.39, 0.29) is 18.9 Å². The summed E-state index contributed by atoms with van der Waals surface area (Å²) in [6.07, 6.45) is 0.0105. The summed E-state index contributed by atoms with van der Waals surface area (Å²) in [5.74, 6) is 0.310. The monoisotopic (exact) mass is 435 g/mol. The Labute approximate surface area is 167 Å². The van der Waals surface area contributed by atoms with Crippen molar-refractivity contribution in [1.29, 1.82) is 0 Å². The van der Waals surface area contributed by atoms with Gasteiger partial charge in [0.05, 0.1) is 20.6 Å². The lowest BCUT2D eigenvalue weighted by atomic mass is 10.1. The van der Waals surface area contributed by atoms with E-state index in [0.717, 1.165) is 5.56 Å². The average molecular weight is 436 g/mol. The molecule has 0 aliphatic rings. The van der Waals surface area contributed by atoms with Crippen LogP contribution < -0.4 is 9.47 Å². The largest absolute Gasteiger partial charge is 0.493 e. The first-order valence-electron chi connectivity index (χ1n) is 8.28. The number of hydrogen-bond donors (Lipinski definition) is 0. The molecule has 27 heavy (non-hydrogen) atoms. The minimum absolute atomic E-state index is 0.0105. The quantitative estimate of drug-likeness (QED) is 0.595. The van der Waals surface area contributed by atoms with Crippen molar-refractivity contribution in [2.45, 2.75) is 13.0 Å². The summed E-state index contributed by atoms with van der Waals surface area (Å²) in [4.78, 5) is 25.8. The highest BCUT2D eigenvalue weighted by atomic mass is 79.9. The minimum atomic E-state index is -0.496. The number of benzene rings is 2. The van der Waals surface area contributed by atoms with Crippen molar-refractivity contribution in [1.82, 2.24) is 4.90 Å². The number of methoxy groups -OCH3 is 2. The van der Waals surface area contributed by atoms with Crippen molar-refractivity contribution in [2.24, 2.45) is 0 Å². The number of ether oxygens (including phenoxy) is 3. The van der Waals surface area contributed by atoms with Crippen LogP contribution in [0.25, 0.3) is 0 Å². The highest BCUT2D eigenvalue weighted by molar-refractivity contribution is 9.10. The van der Waals surface area contributed by atoms with Gasteiger partial charge in [0, 0.05) is 18.1 Å². The molecule has 1 amide bonds. The van der Waals surface area contributed by atoms with E-state index in [9.17, 15) is 9.59 Å². The number of esters is 1. The van der Waals surface area contributed by atoms with E-state index in [1.807, 2.05) is 30.3 Å². The molecule has 0 aliphatic carbocycles. The Morgan fingerprint density at radius 2 is 1.67 bits per heavy atom. The zero-order chi connectivity index (χ0) is 19.8. The fourth-order valence-corrected chi connectivity index (χ4v) is 2.90. The van der Waals surface area contributed by atoms with Gasteiger partial charge in [-0.3, -0.25) is 9.59 Å². The Morgan fingerprint density at radius 1 is 1.04 bits per heavy atom. The summed E-state index contributed by atoms with van der Waals surface area (Å²) in [7, 11) is 4.74. The van der Waals surface area contributed by atoms with Crippen LogP contribution in [0.3, 0.4) is 0 Å². The summed E-state index contributed by atoms with van der Waals surface area (Å²) >= 11 is 3.40. The van der Waals surface area contributed by atoms with Crippen LogP contribution in [0.2, 0.25) is 0 Å². The van der Waals surface area contributed by atoms with Gasteiger partial charge in [-0.05, 0) is 23.3 Å². The second kappa shape index (κ2) is 9.97. The van der Waals surface area contributed by atoms with E-state index in [4.69, 9.17) is 14.2 Å². The molecule has 0 heterocycles. The number of likely N-dealkylation sites (N-methyl/N-ethyl adjacent to an activating group) is 1. The highest BCUT2D eigenvalue weighted by Crippen LogP contribution is 2.33. The van der Waals surface area contributed by atoms with Gasteiger partial charge in [0.25, 0.3) is 5.91 Å². The Balaban J connectivity index is 1.89. The van der Waals surface area contributed by atoms with Crippen LogP contribution in [0, 0.1) is 0 Å². The van der Waals surface area contributed by atoms with Gasteiger partial charge < -0.3 is 19.1 Å². The third kappa shape index (κ3) is 5.99. The van der Waals surface area contributed by atoms with Gasteiger partial charge in [-0.2, -0.15) is 0 Å². The highest BCUT2D eigenvalue weighted by Gasteiger charge is 2.16. The number of amides is 1. The van der Waals surface area contributed by atoms with E-state index in [2.05, 4.69) is 15.9 Å². The molecule has 0 saturated heterocycles.